The molecule has 1 aromatic heterocycles. The second-order valence-corrected chi connectivity index (χ2v) is 7.49. The van der Waals surface area contributed by atoms with E-state index in [2.05, 4.69) is 73.3 Å². The van der Waals surface area contributed by atoms with E-state index in [0.29, 0.717) is 0 Å². The Bertz CT molecular complexity index is 1160. The molecule has 0 saturated carbocycles. The van der Waals surface area contributed by atoms with Crippen LogP contribution < -0.4 is 4.57 Å². The maximum absolute atomic E-state index is 5.14. The molecule has 2 heteroatoms. The first-order valence-electron chi connectivity index (χ1n) is 9.52. The van der Waals surface area contributed by atoms with Gasteiger partial charge >= 0.3 is 5.82 Å². The molecule has 5 rings (SSSR count). The molecule has 3 aromatic carbocycles. The Morgan fingerprint density at radius 2 is 1.65 bits per heavy atom. The van der Waals surface area contributed by atoms with Crippen LogP contribution in [0.5, 0.6) is 0 Å². The molecule has 0 bridgehead atoms. The van der Waals surface area contributed by atoms with Crippen molar-refractivity contribution in [2.75, 3.05) is 0 Å². The summed E-state index contributed by atoms with van der Waals surface area (Å²) >= 11 is 0. The van der Waals surface area contributed by atoms with Crippen LogP contribution in [0.1, 0.15) is 29.7 Å². The Hall–Kier alpha value is -2.74. The highest BCUT2D eigenvalue weighted by Crippen LogP contribution is 2.34. The van der Waals surface area contributed by atoms with E-state index in [1.165, 1.54) is 56.8 Å². The van der Waals surface area contributed by atoms with E-state index in [1.807, 2.05) is 0 Å². The van der Waals surface area contributed by atoms with Crippen molar-refractivity contribution in [3.8, 4) is 11.4 Å². The predicted molar refractivity (Wildman–Crippen MR) is 107 cm³/mol. The summed E-state index contributed by atoms with van der Waals surface area (Å²) in [5.41, 5.74) is 5.27. The fourth-order valence-corrected chi connectivity index (χ4v) is 4.41. The van der Waals surface area contributed by atoms with Gasteiger partial charge in [0.15, 0.2) is 5.69 Å². The van der Waals surface area contributed by atoms with Crippen molar-refractivity contribution in [3.05, 3.63) is 71.5 Å². The smallest absolute Gasteiger partial charge is 0.233 e. The second kappa shape index (κ2) is 5.91. The third kappa shape index (κ3) is 2.33. The van der Waals surface area contributed by atoms with Gasteiger partial charge in [-0.05, 0) is 58.3 Å². The lowest BCUT2D eigenvalue weighted by molar-refractivity contribution is -0.663. The van der Waals surface area contributed by atoms with Gasteiger partial charge in [-0.1, -0.05) is 48.5 Å². The van der Waals surface area contributed by atoms with E-state index in [9.17, 15) is 0 Å². The molecular formula is C24H23N2+. The van der Waals surface area contributed by atoms with Gasteiger partial charge in [0, 0.05) is 12.0 Å². The van der Waals surface area contributed by atoms with Crippen LogP contribution in [0.2, 0.25) is 0 Å². The second-order valence-electron chi connectivity index (χ2n) is 7.49. The quantitative estimate of drug-likeness (QED) is 0.350. The van der Waals surface area contributed by atoms with Gasteiger partial charge in [0.1, 0.15) is 0 Å². The van der Waals surface area contributed by atoms with Crippen molar-refractivity contribution in [2.24, 2.45) is 7.05 Å². The van der Waals surface area contributed by atoms with Crippen molar-refractivity contribution in [1.29, 1.82) is 0 Å². The zero-order valence-corrected chi connectivity index (χ0v) is 15.4. The summed E-state index contributed by atoms with van der Waals surface area (Å²) < 4.78 is 2.22. The summed E-state index contributed by atoms with van der Waals surface area (Å²) in [7, 11) is 2.14. The minimum atomic E-state index is 1.09. The van der Waals surface area contributed by atoms with Gasteiger partial charge in [0.2, 0.25) is 0 Å². The van der Waals surface area contributed by atoms with Gasteiger partial charge in [0.05, 0.1) is 18.8 Å². The molecule has 2 nitrogen and oxygen atoms in total. The number of rotatable bonds is 1. The molecule has 0 saturated heterocycles. The Labute approximate surface area is 154 Å². The number of hydrogen-bond acceptors (Lipinski definition) is 1. The monoisotopic (exact) mass is 339 g/mol. The van der Waals surface area contributed by atoms with E-state index < -0.39 is 0 Å². The molecule has 26 heavy (non-hydrogen) atoms. The average Bonchev–Trinajstić information content (AvgIpc) is 2.67. The normalized spacial score (nSPS) is 13.9. The number of aromatic nitrogens is 2. The molecule has 0 amide bonds. The zero-order chi connectivity index (χ0) is 17.7. The topological polar surface area (TPSA) is 16.8 Å². The summed E-state index contributed by atoms with van der Waals surface area (Å²) in [5.74, 6) is 1.09. The SMILES string of the molecule is Cc1ccc2c(ccc3ccccc32)c1-c1nc2c(c[n+]1C)CCCC2. The number of nitrogens with zero attached hydrogens (tertiary/aromatic N) is 2. The van der Waals surface area contributed by atoms with Crippen LogP contribution in [0, 0.1) is 6.92 Å². The standard InChI is InChI=1S/C24H23N2/c1-16-11-13-20-19-9-5-3-7-17(19)12-14-21(20)23(16)24-25-22-10-6-4-8-18(22)15-26(24)2/h3,5,7,9,11-15H,4,6,8,10H2,1-2H3/q+1. The first-order valence-corrected chi connectivity index (χ1v) is 9.52. The highest BCUT2D eigenvalue weighted by atomic mass is 15.0. The minimum absolute atomic E-state index is 1.09. The molecule has 4 aromatic rings. The Balaban J connectivity index is 1.84. The molecule has 0 fully saturated rings. The molecule has 0 N–H and O–H groups in total. The van der Waals surface area contributed by atoms with Gasteiger partial charge in [-0.25, -0.2) is 4.57 Å². The highest BCUT2D eigenvalue weighted by molar-refractivity contribution is 6.11. The van der Waals surface area contributed by atoms with Crippen LogP contribution in [0.25, 0.3) is 32.9 Å². The van der Waals surface area contributed by atoms with E-state index in [0.717, 1.165) is 18.7 Å². The lowest BCUT2D eigenvalue weighted by atomic mass is 9.93. The largest absolute Gasteiger partial charge is 0.331 e. The van der Waals surface area contributed by atoms with Crippen molar-refractivity contribution in [2.45, 2.75) is 32.6 Å². The number of fused-ring (bicyclic) bond motifs is 4. The fraction of sp³-hybridized carbons (Fsp3) is 0.250. The maximum Gasteiger partial charge on any atom is 0.331 e. The zero-order valence-electron chi connectivity index (χ0n) is 15.4. The predicted octanol–water partition coefficient (Wildman–Crippen LogP) is 5.07. The molecule has 0 unspecified atom stereocenters. The summed E-state index contributed by atoms with van der Waals surface area (Å²) in [4.78, 5) is 5.14. The summed E-state index contributed by atoms with van der Waals surface area (Å²) in [6, 6.07) is 17.6. The molecular weight excluding hydrogens is 316 g/mol. The first kappa shape index (κ1) is 15.5. The summed E-state index contributed by atoms with van der Waals surface area (Å²) in [6.07, 6.45) is 7.11. The average molecular weight is 339 g/mol. The Kier molecular flexibility index (Phi) is 3.53. The molecule has 1 aliphatic rings. The van der Waals surface area contributed by atoms with E-state index >= 15 is 0 Å². The lowest BCUT2D eigenvalue weighted by Gasteiger charge is -2.14. The minimum Gasteiger partial charge on any atom is -0.233 e. The lowest BCUT2D eigenvalue weighted by Crippen LogP contribution is -2.34. The number of aryl methyl sites for hydroxylation is 4. The van der Waals surface area contributed by atoms with Gasteiger partial charge < -0.3 is 0 Å². The fourth-order valence-electron chi connectivity index (χ4n) is 4.41. The van der Waals surface area contributed by atoms with E-state index in [1.54, 1.807) is 0 Å². The van der Waals surface area contributed by atoms with Crippen molar-refractivity contribution < 1.29 is 4.57 Å². The molecule has 0 radical (unpaired) electrons. The third-order valence-corrected chi connectivity index (χ3v) is 5.76. The van der Waals surface area contributed by atoms with Crippen LogP contribution in [0.3, 0.4) is 0 Å². The molecule has 1 aliphatic carbocycles. The van der Waals surface area contributed by atoms with Crippen molar-refractivity contribution in [3.63, 3.8) is 0 Å². The number of benzene rings is 3. The first-order chi connectivity index (χ1) is 12.7. The third-order valence-electron chi connectivity index (χ3n) is 5.76. The van der Waals surface area contributed by atoms with Gasteiger partial charge in [-0.2, -0.15) is 0 Å². The van der Waals surface area contributed by atoms with Gasteiger partial charge in [-0.15, -0.1) is 0 Å². The molecule has 0 spiro atoms. The summed E-state index contributed by atoms with van der Waals surface area (Å²) in [5, 5.41) is 5.20. The van der Waals surface area contributed by atoms with E-state index in [-0.39, 0.29) is 0 Å². The van der Waals surface area contributed by atoms with Crippen LogP contribution >= 0.6 is 0 Å². The van der Waals surface area contributed by atoms with Crippen molar-refractivity contribution in [1.82, 2.24) is 4.98 Å². The Morgan fingerprint density at radius 3 is 2.58 bits per heavy atom. The van der Waals surface area contributed by atoms with Gasteiger partial charge in [-0.3, -0.25) is 0 Å². The van der Waals surface area contributed by atoms with Crippen LogP contribution in [0.4, 0.5) is 0 Å². The highest BCUT2D eigenvalue weighted by Gasteiger charge is 2.24. The van der Waals surface area contributed by atoms with Crippen LogP contribution in [-0.4, -0.2) is 4.98 Å². The molecule has 0 aliphatic heterocycles. The molecule has 128 valence electrons. The molecule has 0 atom stereocenters. The number of hydrogen-bond donors (Lipinski definition) is 0. The van der Waals surface area contributed by atoms with E-state index in [4.69, 9.17) is 4.98 Å². The Morgan fingerprint density at radius 1 is 0.846 bits per heavy atom. The van der Waals surface area contributed by atoms with Crippen LogP contribution in [-0.2, 0) is 19.9 Å². The molecule has 1 heterocycles. The van der Waals surface area contributed by atoms with Crippen molar-refractivity contribution >= 4 is 21.5 Å². The van der Waals surface area contributed by atoms with Crippen LogP contribution in [0.15, 0.2) is 54.7 Å². The van der Waals surface area contributed by atoms with Gasteiger partial charge in [0.25, 0.3) is 0 Å². The maximum atomic E-state index is 5.14. The summed E-state index contributed by atoms with van der Waals surface area (Å²) in [6.45, 7) is 2.20.